The number of aliphatic hydroxyl groups excluding tert-OH is 1. The molecule has 36 heavy (non-hydrogen) atoms. The van der Waals surface area contributed by atoms with Crippen molar-refractivity contribution in [1.82, 2.24) is 10.3 Å². The van der Waals surface area contributed by atoms with Crippen LogP contribution in [0, 0.1) is 36.5 Å². The molecule has 2 aliphatic carbocycles. The number of amides is 1. The third kappa shape index (κ3) is 7.74. The molecule has 1 fully saturated rings. The monoisotopic (exact) mass is 489 g/mol. The number of aliphatic hydroxyl groups is 1. The maximum Gasteiger partial charge on any atom is 0.227 e. The molecule has 0 saturated heterocycles. The standard InChI is InChI=1S/C27H28N4O.C2H5.CH4O.2H2/c1-3-19-9-10-25-23(14-19)26(11-12-30-25)31-27(32)22-6-4-5-20(13-22)16-29-17-21-8-7-18(2)24(28)15-21;2*1-2;;/h1,7-12,14-15,20,22,28-29H,2,4-6,13,16-17H2,(H,30,31,32);1H2,2H3;2H,1H3;2*1H. The van der Waals surface area contributed by atoms with Crippen molar-refractivity contribution in [2.75, 3.05) is 25.5 Å². The largest absolute Gasteiger partial charge is 0.400 e. The predicted octanol–water partition coefficient (Wildman–Crippen LogP) is 5.56. The van der Waals surface area contributed by atoms with Crippen LogP contribution in [0.4, 0.5) is 5.69 Å². The second-order valence-corrected chi connectivity index (χ2v) is 8.58. The molecule has 1 radical (unpaired) electrons. The minimum Gasteiger partial charge on any atom is -0.400 e. The van der Waals surface area contributed by atoms with Gasteiger partial charge in [0, 0.05) is 39.6 Å². The summed E-state index contributed by atoms with van der Waals surface area (Å²) in [5, 5.41) is 22.4. The average molecular weight is 490 g/mol. The molecule has 1 aromatic carbocycles. The molecule has 193 valence electrons. The van der Waals surface area contributed by atoms with Crippen LogP contribution in [0.2, 0.25) is 0 Å². The number of anilines is 1. The van der Waals surface area contributed by atoms with Gasteiger partial charge in [-0.2, -0.15) is 0 Å². The van der Waals surface area contributed by atoms with E-state index in [1.165, 1.54) is 0 Å². The molecule has 0 bridgehead atoms. The summed E-state index contributed by atoms with van der Waals surface area (Å²) in [5.41, 5.74) is 4.65. The lowest BCUT2D eigenvalue weighted by molar-refractivity contribution is -0.121. The fourth-order valence-electron chi connectivity index (χ4n) is 4.45. The lowest BCUT2D eigenvalue weighted by Gasteiger charge is -2.29. The summed E-state index contributed by atoms with van der Waals surface area (Å²) in [5.74, 6) is 3.17. The van der Waals surface area contributed by atoms with Crippen LogP contribution in [0.1, 0.15) is 41.0 Å². The van der Waals surface area contributed by atoms with E-state index >= 15 is 0 Å². The Bertz CT molecular complexity index is 1180. The molecule has 4 rings (SSSR count). The Hall–Kier alpha value is -3.53. The van der Waals surface area contributed by atoms with Crippen molar-refractivity contribution in [3.8, 4) is 12.3 Å². The number of terminal acetylenes is 1. The maximum atomic E-state index is 13.1. The lowest BCUT2D eigenvalue weighted by atomic mass is 9.81. The number of aromatic nitrogens is 1. The molecule has 4 N–H and O–H groups in total. The molecule has 0 aliphatic heterocycles. The Morgan fingerprint density at radius 1 is 1.28 bits per heavy atom. The number of nitrogens with zero attached hydrogens (tertiary/aromatic N) is 1. The smallest absolute Gasteiger partial charge is 0.227 e. The predicted molar refractivity (Wildman–Crippen MR) is 154 cm³/mol. The third-order valence-corrected chi connectivity index (χ3v) is 6.26. The van der Waals surface area contributed by atoms with E-state index in [9.17, 15) is 4.79 Å². The lowest BCUT2D eigenvalue weighted by Crippen LogP contribution is -2.33. The summed E-state index contributed by atoms with van der Waals surface area (Å²) >= 11 is 0. The molecule has 1 heterocycles. The number of nitrogens with one attached hydrogen (secondary N) is 3. The van der Waals surface area contributed by atoms with Crippen LogP contribution in [0.5, 0.6) is 0 Å². The first-order chi connectivity index (χ1) is 17.5. The van der Waals surface area contributed by atoms with Crippen molar-refractivity contribution in [1.29, 1.82) is 5.41 Å². The van der Waals surface area contributed by atoms with Crippen LogP contribution < -0.4 is 10.6 Å². The Labute approximate surface area is 218 Å². The fraction of sp³-hybridized carbons (Fsp3) is 0.333. The maximum absolute atomic E-state index is 13.1. The summed E-state index contributed by atoms with van der Waals surface area (Å²) < 4.78 is 0. The van der Waals surface area contributed by atoms with Gasteiger partial charge in [0.05, 0.1) is 16.9 Å². The molecule has 2 aliphatic rings. The molecule has 2 unspecified atom stereocenters. The van der Waals surface area contributed by atoms with E-state index in [1.54, 1.807) is 13.1 Å². The number of carbonyl (C=O) groups is 1. The van der Waals surface area contributed by atoms with Gasteiger partial charge in [0.1, 0.15) is 0 Å². The fourth-order valence-corrected chi connectivity index (χ4v) is 4.45. The number of allylic oxidation sites excluding steroid dienone is 3. The van der Waals surface area contributed by atoms with Crippen LogP contribution in [0.15, 0.2) is 66.4 Å². The Morgan fingerprint density at radius 3 is 2.78 bits per heavy atom. The van der Waals surface area contributed by atoms with E-state index in [2.05, 4.69) is 35.0 Å². The van der Waals surface area contributed by atoms with Crippen molar-refractivity contribution in [2.24, 2.45) is 11.8 Å². The van der Waals surface area contributed by atoms with Gasteiger partial charge in [-0.1, -0.05) is 44.9 Å². The summed E-state index contributed by atoms with van der Waals surface area (Å²) in [6.45, 7) is 10.4. The number of benzene rings is 1. The van der Waals surface area contributed by atoms with Gasteiger partial charge in [0.15, 0.2) is 0 Å². The summed E-state index contributed by atoms with van der Waals surface area (Å²) in [4.78, 5) is 17.4. The third-order valence-electron chi connectivity index (χ3n) is 6.26. The molecule has 1 amide bonds. The Morgan fingerprint density at radius 2 is 2.06 bits per heavy atom. The van der Waals surface area contributed by atoms with E-state index in [0.717, 1.165) is 79.2 Å². The molecule has 6 nitrogen and oxygen atoms in total. The molecule has 6 heteroatoms. The van der Waals surface area contributed by atoms with Crippen molar-refractivity contribution < 1.29 is 12.8 Å². The van der Waals surface area contributed by atoms with Gasteiger partial charge >= 0.3 is 0 Å². The second-order valence-electron chi connectivity index (χ2n) is 8.58. The van der Waals surface area contributed by atoms with E-state index in [0.29, 0.717) is 11.6 Å². The highest BCUT2D eigenvalue weighted by Crippen LogP contribution is 2.31. The van der Waals surface area contributed by atoms with Gasteiger partial charge in [-0.05, 0) is 73.2 Å². The normalized spacial score (nSPS) is 18.7. The molecular formula is C30H41N4O2. The molecule has 1 saturated carbocycles. The van der Waals surface area contributed by atoms with Crippen LogP contribution in [0.25, 0.3) is 10.9 Å². The number of hydrogen-bond donors (Lipinski definition) is 4. The number of pyridine rings is 1. The zero-order chi connectivity index (χ0) is 26.5. The van der Waals surface area contributed by atoms with Crippen molar-refractivity contribution in [3.05, 3.63) is 78.9 Å². The first-order valence-corrected chi connectivity index (χ1v) is 12.2. The minimum atomic E-state index is -0.000116. The molecule has 2 atom stereocenters. The Kier molecular flexibility index (Phi) is 11.8. The second kappa shape index (κ2) is 14.8. The number of fused-ring (bicyclic) bond motifs is 1. The van der Waals surface area contributed by atoms with Crippen LogP contribution in [0.3, 0.4) is 0 Å². The van der Waals surface area contributed by atoms with Crippen molar-refractivity contribution in [2.45, 2.75) is 32.6 Å². The van der Waals surface area contributed by atoms with Gasteiger partial charge in [-0.15, -0.1) is 6.42 Å². The molecule has 1 aromatic heterocycles. The summed E-state index contributed by atoms with van der Waals surface area (Å²) in [6.07, 6.45) is 17.0. The number of carbonyl (C=O) groups excluding carboxylic acids is 1. The molecule has 0 spiro atoms. The van der Waals surface area contributed by atoms with Gasteiger partial charge < -0.3 is 21.1 Å². The first-order valence-electron chi connectivity index (χ1n) is 12.2. The van der Waals surface area contributed by atoms with Gasteiger partial charge in [-0.25, -0.2) is 0 Å². The van der Waals surface area contributed by atoms with Gasteiger partial charge in [0.2, 0.25) is 5.91 Å². The quantitative estimate of drug-likeness (QED) is 0.399. The topological polar surface area (TPSA) is 98.1 Å². The van der Waals surface area contributed by atoms with Crippen LogP contribution in [-0.2, 0) is 4.79 Å². The summed E-state index contributed by atoms with van der Waals surface area (Å²) in [6, 6.07) is 7.48. The van der Waals surface area contributed by atoms with E-state index in [-0.39, 0.29) is 14.7 Å². The SMILES string of the molecule is C#Cc1ccc2nccc(NC(=O)C3CCCC(CNCC4=CC(=N)C(=C)C=C4)C3)c2c1.CO.[CH2]C.[HH].[HH]. The van der Waals surface area contributed by atoms with Gasteiger partial charge in [0.25, 0.3) is 0 Å². The number of hydrogen-bond acceptors (Lipinski definition) is 5. The first kappa shape index (κ1) is 28.7. The highest BCUT2D eigenvalue weighted by Gasteiger charge is 2.27. The zero-order valence-corrected chi connectivity index (χ0v) is 21.3. The average Bonchev–Trinajstić information content (AvgIpc) is 2.93. The van der Waals surface area contributed by atoms with Crippen LogP contribution >= 0.6 is 0 Å². The Balaban J connectivity index is 0.00000218. The van der Waals surface area contributed by atoms with Crippen molar-refractivity contribution >= 4 is 28.2 Å². The van der Waals surface area contributed by atoms with E-state index in [1.807, 2.05) is 42.5 Å². The van der Waals surface area contributed by atoms with Crippen LogP contribution in [-0.4, -0.2) is 41.9 Å². The zero-order valence-electron chi connectivity index (χ0n) is 21.3. The van der Waals surface area contributed by atoms with E-state index in [4.69, 9.17) is 16.9 Å². The van der Waals surface area contributed by atoms with Gasteiger partial charge in [-0.3, -0.25) is 9.78 Å². The van der Waals surface area contributed by atoms with Crippen molar-refractivity contribution in [3.63, 3.8) is 0 Å². The highest BCUT2D eigenvalue weighted by atomic mass is 16.2. The molecule has 2 aromatic rings. The summed E-state index contributed by atoms with van der Waals surface area (Å²) in [7, 11) is 1.00. The minimum absolute atomic E-state index is 0. The number of rotatable bonds is 6. The van der Waals surface area contributed by atoms with E-state index < -0.39 is 0 Å². The highest BCUT2D eigenvalue weighted by molar-refractivity contribution is 6.09. The molecular weight excluding hydrogens is 448 g/mol.